The molecule has 1 aliphatic carbocycles. The number of carbonyl (C=O) groups is 2. The first-order valence-electron chi connectivity index (χ1n) is 13.1. The van der Waals surface area contributed by atoms with E-state index < -0.39 is 22.6 Å². The first-order valence-corrected chi connectivity index (χ1v) is 13.9. The predicted octanol–water partition coefficient (Wildman–Crippen LogP) is 6.09. The summed E-state index contributed by atoms with van der Waals surface area (Å²) in [6, 6.07) is 11.6. The van der Waals surface area contributed by atoms with Crippen molar-refractivity contribution in [2.24, 2.45) is 0 Å². The summed E-state index contributed by atoms with van der Waals surface area (Å²) in [5.41, 5.74) is 2.98. The van der Waals surface area contributed by atoms with Crippen molar-refractivity contribution in [3.05, 3.63) is 109 Å². The number of aromatic nitrogens is 1. The number of methoxy groups -OCH3 is 1. The molecule has 0 radical (unpaired) electrons. The molecule has 1 aliphatic heterocycles. The number of allylic oxidation sites excluding steroid dienone is 3. The van der Waals surface area contributed by atoms with Crippen LogP contribution in [0.4, 0.5) is 15.9 Å². The van der Waals surface area contributed by atoms with E-state index in [2.05, 4.69) is 31.5 Å². The van der Waals surface area contributed by atoms with Gasteiger partial charge >= 0.3 is 5.69 Å². The topological polar surface area (TPSA) is 133 Å². The molecule has 2 heterocycles. The Morgan fingerprint density at radius 2 is 2.00 bits per heavy atom. The van der Waals surface area contributed by atoms with Gasteiger partial charge in [-0.1, -0.05) is 6.07 Å². The first kappa shape index (κ1) is 28.9. The van der Waals surface area contributed by atoms with Gasteiger partial charge in [0, 0.05) is 63.2 Å². The van der Waals surface area contributed by atoms with E-state index in [4.69, 9.17) is 9.47 Å². The minimum absolute atomic E-state index is 0.0580. The van der Waals surface area contributed by atoms with E-state index in [1.165, 1.54) is 7.11 Å². The maximum absolute atomic E-state index is 13.9. The smallest absolute Gasteiger partial charge is 0.311 e. The van der Waals surface area contributed by atoms with Crippen molar-refractivity contribution in [2.45, 2.75) is 38.7 Å². The van der Waals surface area contributed by atoms with Crippen LogP contribution in [0.2, 0.25) is 0 Å². The molecule has 5 rings (SSSR count). The number of benzene rings is 2. The molecule has 3 aromatic rings. The van der Waals surface area contributed by atoms with Crippen molar-refractivity contribution in [3.63, 3.8) is 0 Å². The zero-order valence-corrected chi connectivity index (χ0v) is 24.3. The molecule has 1 aromatic heterocycles. The highest BCUT2D eigenvalue weighted by atomic mass is 79.9. The van der Waals surface area contributed by atoms with Gasteiger partial charge in [-0.25, -0.2) is 9.37 Å². The van der Waals surface area contributed by atoms with Gasteiger partial charge in [0.15, 0.2) is 11.5 Å². The van der Waals surface area contributed by atoms with Crippen molar-refractivity contribution in [3.8, 4) is 11.5 Å². The Kier molecular flexibility index (Phi) is 8.34. The number of dihydropyridines is 1. The third-order valence-electron chi connectivity index (χ3n) is 7.13. The number of ether oxygens (including phenoxy) is 2. The summed E-state index contributed by atoms with van der Waals surface area (Å²) >= 11 is 3.33. The number of hydrogen-bond donors (Lipinski definition) is 2. The highest BCUT2D eigenvalue weighted by Crippen LogP contribution is 2.43. The van der Waals surface area contributed by atoms with Gasteiger partial charge in [0.05, 0.1) is 12.0 Å². The molecule has 0 fully saturated rings. The predicted molar refractivity (Wildman–Crippen MR) is 155 cm³/mol. The number of anilines is 1. The summed E-state index contributed by atoms with van der Waals surface area (Å²) in [5.74, 6) is -1.35. The number of ketones is 1. The number of halogens is 2. The van der Waals surface area contributed by atoms with Crippen LogP contribution >= 0.6 is 15.9 Å². The van der Waals surface area contributed by atoms with Crippen molar-refractivity contribution in [2.75, 3.05) is 12.4 Å². The van der Waals surface area contributed by atoms with Gasteiger partial charge in [-0.3, -0.25) is 19.7 Å². The van der Waals surface area contributed by atoms with Gasteiger partial charge in [-0.2, -0.15) is 0 Å². The molecule has 1 atom stereocenters. The minimum atomic E-state index is -0.710. The number of amides is 1. The van der Waals surface area contributed by atoms with Gasteiger partial charge < -0.3 is 20.1 Å². The molecule has 0 spiro atoms. The zero-order valence-electron chi connectivity index (χ0n) is 22.7. The molecule has 0 saturated heterocycles. The van der Waals surface area contributed by atoms with E-state index in [1.807, 2.05) is 0 Å². The molecule has 12 heteroatoms. The molecular weight excluding hydrogens is 611 g/mol. The van der Waals surface area contributed by atoms with E-state index in [9.17, 15) is 24.1 Å². The van der Waals surface area contributed by atoms with Gasteiger partial charge in [-0.05, 0) is 71.6 Å². The number of carbonyl (C=O) groups excluding carboxylic acids is 2. The summed E-state index contributed by atoms with van der Waals surface area (Å²) in [5, 5.41) is 17.6. The van der Waals surface area contributed by atoms with Crippen LogP contribution in [-0.2, 0) is 16.2 Å². The van der Waals surface area contributed by atoms with Crippen LogP contribution in [0.25, 0.3) is 0 Å². The summed E-state index contributed by atoms with van der Waals surface area (Å²) in [6.07, 6.45) is 3.28. The molecular formula is C30H26BrFN4O6. The number of Topliss-reactive ketones (excluding diaryl/α,β-unsaturated/α-hetero) is 1. The Hall–Kier alpha value is -4.58. The van der Waals surface area contributed by atoms with Crippen molar-refractivity contribution in [1.82, 2.24) is 10.3 Å². The van der Waals surface area contributed by atoms with E-state index in [1.54, 1.807) is 43.5 Å². The molecule has 1 unspecified atom stereocenters. The second-order valence-corrected chi connectivity index (χ2v) is 10.7. The fourth-order valence-electron chi connectivity index (χ4n) is 5.25. The van der Waals surface area contributed by atoms with E-state index in [-0.39, 0.29) is 23.8 Å². The fourth-order valence-corrected chi connectivity index (χ4v) is 5.49. The van der Waals surface area contributed by atoms with Crippen LogP contribution in [0.3, 0.4) is 0 Å². The molecule has 2 N–H and O–H groups in total. The number of nitro groups is 1. The fraction of sp³-hybridized carbons (Fsp3) is 0.233. The lowest BCUT2D eigenvalue weighted by Gasteiger charge is -2.34. The average molecular weight is 637 g/mol. The molecule has 216 valence electrons. The van der Waals surface area contributed by atoms with E-state index in [0.717, 1.165) is 28.4 Å². The second kappa shape index (κ2) is 12.1. The number of pyridine rings is 1. The molecule has 2 aromatic carbocycles. The van der Waals surface area contributed by atoms with Crippen LogP contribution in [0.5, 0.6) is 11.5 Å². The van der Waals surface area contributed by atoms with Crippen LogP contribution in [0, 0.1) is 15.9 Å². The largest absolute Gasteiger partial charge is 0.496 e. The summed E-state index contributed by atoms with van der Waals surface area (Å²) in [6.45, 7) is 1.59. The van der Waals surface area contributed by atoms with E-state index >= 15 is 0 Å². The molecule has 0 saturated carbocycles. The standard InChI is InChI=1S/C30H26BrFN4O6/c1-16-27(30(38)35-26-11-7-19(31)14-33-26)28(29-21(34-16)4-3-5-23(29)37)17-6-10-24(41-2)18(12-17)15-42-25-13-20(32)8-9-22(25)36(39)40/h6-14,28,34H,3-5,15H2,1-2H3,(H,33,35,38). The average Bonchev–Trinajstić information content (AvgIpc) is 2.96. The number of hydrogen-bond acceptors (Lipinski definition) is 8. The summed E-state index contributed by atoms with van der Waals surface area (Å²) < 4.78 is 25.9. The van der Waals surface area contributed by atoms with Crippen molar-refractivity contribution >= 4 is 39.1 Å². The normalized spacial score (nSPS) is 16.5. The number of rotatable bonds is 8. The quantitative estimate of drug-likeness (QED) is 0.224. The molecule has 42 heavy (non-hydrogen) atoms. The molecule has 2 aliphatic rings. The Balaban J connectivity index is 1.55. The molecule has 0 bridgehead atoms. The summed E-state index contributed by atoms with van der Waals surface area (Å²) in [7, 11) is 1.47. The van der Waals surface area contributed by atoms with Gasteiger partial charge in [-0.15, -0.1) is 0 Å². The van der Waals surface area contributed by atoms with Crippen LogP contribution in [0.1, 0.15) is 43.2 Å². The Bertz CT molecular complexity index is 1650. The van der Waals surface area contributed by atoms with Gasteiger partial charge in [0.1, 0.15) is 24.0 Å². The lowest BCUT2D eigenvalue weighted by molar-refractivity contribution is -0.386. The Labute approximate surface area is 248 Å². The second-order valence-electron chi connectivity index (χ2n) is 9.81. The third-order valence-corrected chi connectivity index (χ3v) is 7.60. The maximum atomic E-state index is 13.9. The SMILES string of the molecule is COc1ccc(C2C(C(=O)Nc3ccc(Br)cn3)=C(C)NC3=C2C(=O)CCC3)cc1COc1cc(F)ccc1[N+](=O)[O-]. The van der Waals surface area contributed by atoms with Gasteiger partial charge in [0.25, 0.3) is 5.91 Å². The van der Waals surface area contributed by atoms with Crippen LogP contribution < -0.4 is 20.1 Å². The monoisotopic (exact) mass is 636 g/mol. The van der Waals surface area contributed by atoms with Crippen molar-refractivity contribution in [1.29, 1.82) is 0 Å². The zero-order chi connectivity index (χ0) is 30.0. The number of nitrogens with one attached hydrogen (secondary N) is 2. The molecule has 1 amide bonds. The van der Waals surface area contributed by atoms with Crippen molar-refractivity contribution < 1.29 is 28.4 Å². The van der Waals surface area contributed by atoms with E-state index in [0.29, 0.717) is 58.8 Å². The summed E-state index contributed by atoms with van der Waals surface area (Å²) in [4.78, 5) is 42.1. The minimum Gasteiger partial charge on any atom is -0.496 e. The van der Waals surface area contributed by atoms with Crippen LogP contribution in [-0.4, -0.2) is 28.7 Å². The Morgan fingerprint density at radius 1 is 1.19 bits per heavy atom. The van der Waals surface area contributed by atoms with Crippen LogP contribution in [0.15, 0.2) is 81.7 Å². The lowest BCUT2D eigenvalue weighted by atomic mass is 9.74. The Morgan fingerprint density at radius 3 is 2.71 bits per heavy atom. The first-order chi connectivity index (χ1) is 20.2. The lowest BCUT2D eigenvalue weighted by Crippen LogP contribution is -2.35. The number of nitro benzene ring substituents is 1. The third kappa shape index (κ3) is 5.89. The highest BCUT2D eigenvalue weighted by Gasteiger charge is 2.39. The molecule has 10 nitrogen and oxygen atoms in total. The highest BCUT2D eigenvalue weighted by molar-refractivity contribution is 9.10. The van der Waals surface area contributed by atoms with Gasteiger partial charge in [0.2, 0.25) is 0 Å². The maximum Gasteiger partial charge on any atom is 0.311 e. The number of nitrogens with zero attached hydrogens (tertiary/aromatic N) is 2.